The second-order valence-corrected chi connectivity index (χ2v) is 5.88. The molecule has 0 saturated carbocycles. The van der Waals surface area contributed by atoms with E-state index in [0.29, 0.717) is 5.69 Å². The highest BCUT2D eigenvalue weighted by atomic mass is 35.5. The van der Waals surface area contributed by atoms with Gasteiger partial charge in [-0.1, -0.05) is 41.1 Å². The molecule has 19 heavy (non-hydrogen) atoms. The molecule has 0 spiro atoms. The molecule has 0 aliphatic heterocycles. The van der Waals surface area contributed by atoms with Gasteiger partial charge in [-0.15, -0.1) is 0 Å². The Morgan fingerprint density at radius 1 is 1.11 bits per heavy atom. The minimum Gasteiger partial charge on any atom is -0.395 e. The summed E-state index contributed by atoms with van der Waals surface area (Å²) in [5, 5.41) is 0.992. The van der Waals surface area contributed by atoms with Gasteiger partial charge in [-0.05, 0) is 37.9 Å². The second-order valence-electron chi connectivity index (χ2n) is 4.58. The average molecular weight is 294 g/mol. The quantitative estimate of drug-likeness (QED) is 0.529. The van der Waals surface area contributed by atoms with E-state index in [-0.39, 0.29) is 5.28 Å². The number of thioether (sulfide) groups is 1. The number of nitrogens with zero attached hydrogens (tertiary/aromatic N) is 2. The molecule has 0 aliphatic carbocycles. The van der Waals surface area contributed by atoms with Gasteiger partial charge in [0.25, 0.3) is 0 Å². The molecule has 0 saturated heterocycles. The van der Waals surface area contributed by atoms with Crippen molar-refractivity contribution in [3.63, 3.8) is 0 Å². The molecule has 0 aliphatic rings. The molecule has 2 N–H and O–H groups in total. The Hall–Kier alpha value is -1.26. The molecule has 2 rings (SSSR count). The maximum atomic E-state index is 5.97. The number of halogens is 1. The van der Waals surface area contributed by atoms with Crippen LogP contribution in [0.1, 0.15) is 22.4 Å². The van der Waals surface area contributed by atoms with E-state index in [9.17, 15) is 0 Å². The van der Waals surface area contributed by atoms with E-state index in [0.717, 1.165) is 16.5 Å². The maximum absolute atomic E-state index is 5.97. The smallest absolute Gasteiger partial charge is 0.223 e. The van der Waals surface area contributed by atoms with Crippen molar-refractivity contribution in [3.8, 4) is 0 Å². The van der Waals surface area contributed by atoms with Crippen LogP contribution in [0.3, 0.4) is 0 Å². The predicted octanol–water partition coefficient (Wildman–Crippen LogP) is 3.93. The van der Waals surface area contributed by atoms with Gasteiger partial charge in [0, 0.05) is 5.75 Å². The van der Waals surface area contributed by atoms with Crippen LogP contribution < -0.4 is 5.73 Å². The summed E-state index contributed by atoms with van der Waals surface area (Å²) < 4.78 is 0. The summed E-state index contributed by atoms with van der Waals surface area (Å²) in [6, 6.07) is 6.51. The molecule has 3 nitrogen and oxygen atoms in total. The molecule has 0 radical (unpaired) electrons. The van der Waals surface area contributed by atoms with Crippen molar-refractivity contribution in [3.05, 3.63) is 45.9 Å². The van der Waals surface area contributed by atoms with Crippen LogP contribution in [0.25, 0.3) is 0 Å². The fraction of sp³-hybridized carbons (Fsp3) is 0.286. The molecule has 2 aromatic rings. The van der Waals surface area contributed by atoms with Crippen LogP contribution in [0.2, 0.25) is 5.28 Å². The zero-order valence-electron chi connectivity index (χ0n) is 11.2. The predicted molar refractivity (Wildman–Crippen MR) is 81.7 cm³/mol. The number of hydrogen-bond acceptors (Lipinski definition) is 4. The van der Waals surface area contributed by atoms with E-state index in [1.165, 1.54) is 16.7 Å². The van der Waals surface area contributed by atoms with Crippen molar-refractivity contribution in [1.82, 2.24) is 9.97 Å². The number of nitrogens with two attached hydrogens (primary N) is 1. The minimum absolute atomic E-state index is 0.245. The highest BCUT2D eigenvalue weighted by molar-refractivity contribution is 7.98. The standard InChI is InChI=1S/C14H16ClN3S/c1-8-4-9(2)6-11(5-8)7-19-13-12(16)10(3)17-14(15)18-13/h4-6H,7,16H2,1-3H3. The van der Waals surface area contributed by atoms with E-state index in [1.54, 1.807) is 11.8 Å². The maximum Gasteiger partial charge on any atom is 0.223 e. The summed E-state index contributed by atoms with van der Waals surface area (Å²) >= 11 is 7.45. The molecule has 0 atom stereocenters. The van der Waals surface area contributed by atoms with Crippen LogP contribution in [0, 0.1) is 20.8 Å². The van der Waals surface area contributed by atoms with Gasteiger partial charge in [0.15, 0.2) is 0 Å². The highest BCUT2D eigenvalue weighted by Gasteiger charge is 2.09. The fourth-order valence-electron chi connectivity index (χ4n) is 1.94. The number of anilines is 1. The van der Waals surface area contributed by atoms with Crippen LogP contribution in [-0.4, -0.2) is 9.97 Å². The Morgan fingerprint density at radius 3 is 2.37 bits per heavy atom. The van der Waals surface area contributed by atoms with Crippen LogP contribution in [0.4, 0.5) is 5.69 Å². The van der Waals surface area contributed by atoms with Gasteiger partial charge in [-0.3, -0.25) is 0 Å². The first-order valence-corrected chi connectivity index (χ1v) is 7.31. The molecule has 1 aromatic carbocycles. The number of benzene rings is 1. The number of aryl methyl sites for hydroxylation is 3. The van der Waals surface area contributed by atoms with Gasteiger partial charge >= 0.3 is 0 Å². The molecule has 0 unspecified atom stereocenters. The Balaban J connectivity index is 2.19. The topological polar surface area (TPSA) is 51.8 Å². The van der Waals surface area contributed by atoms with Gasteiger partial charge in [0.2, 0.25) is 5.28 Å². The Kier molecular flexibility index (Phi) is 4.32. The molecule has 1 heterocycles. The lowest BCUT2D eigenvalue weighted by atomic mass is 10.1. The van der Waals surface area contributed by atoms with Gasteiger partial charge in [-0.25, -0.2) is 9.97 Å². The molecular formula is C14H16ClN3S. The molecule has 100 valence electrons. The average Bonchev–Trinajstić information content (AvgIpc) is 2.30. The molecule has 5 heteroatoms. The summed E-state index contributed by atoms with van der Waals surface area (Å²) in [7, 11) is 0. The van der Waals surface area contributed by atoms with E-state index >= 15 is 0 Å². The molecule has 1 aromatic heterocycles. The van der Waals surface area contributed by atoms with Crippen LogP contribution in [-0.2, 0) is 5.75 Å². The summed E-state index contributed by atoms with van der Waals surface area (Å²) in [4.78, 5) is 8.22. The molecule has 0 amide bonds. The second kappa shape index (κ2) is 5.80. The molecular weight excluding hydrogens is 278 g/mol. The first kappa shape index (κ1) is 14.2. The lowest BCUT2D eigenvalue weighted by Crippen LogP contribution is -1.99. The van der Waals surface area contributed by atoms with Crippen molar-refractivity contribution in [2.75, 3.05) is 5.73 Å². The summed E-state index contributed by atoms with van der Waals surface area (Å²) in [6.07, 6.45) is 0. The van der Waals surface area contributed by atoms with E-state index in [1.807, 2.05) is 6.92 Å². The van der Waals surface area contributed by atoms with Crippen LogP contribution >= 0.6 is 23.4 Å². The van der Waals surface area contributed by atoms with E-state index in [4.69, 9.17) is 17.3 Å². The summed E-state index contributed by atoms with van der Waals surface area (Å²) in [5.74, 6) is 0.819. The highest BCUT2D eigenvalue weighted by Crippen LogP contribution is 2.29. The number of hydrogen-bond donors (Lipinski definition) is 1. The third-order valence-electron chi connectivity index (χ3n) is 2.73. The fourth-order valence-corrected chi connectivity index (χ4v) is 3.12. The first-order valence-electron chi connectivity index (χ1n) is 5.95. The Labute approximate surface area is 122 Å². The van der Waals surface area contributed by atoms with Gasteiger partial charge in [0.05, 0.1) is 11.4 Å². The van der Waals surface area contributed by atoms with E-state index in [2.05, 4.69) is 42.0 Å². The van der Waals surface area contributed by atoms with Gasteiger partial charge in [0.1, 0.15) is 5.03 Å². The van der Waals surface area contributed by atoms with Crippen molar-refractivity contribution in [1.29, 1.82) is 0 Å². The Bertz CT molecular complexity index is 594. The summed E-state index contributed by atoms with van der Waals surface area (Å²) in [5.41, 5.74) is 11.1. The molecule has 0 fully saturated rings. The van der Waals surface area contributed by atoms with E-state index < -0.39 is 0 Å². The normalized spacial score (nSPS) is 10.7. The van der Waals surface area contributed by atoms with Crippen LogP contribution in [0.15, 0.2) is 23.2 Å². The van der Waals surface area contributed by atoms with Crippen molar-refractivity contribution in [2.45, 2.75) is 31.6 Å². The third kappa shape index (κ3) is 3.61. The van der Waals surface area contributed by atoms with Gasteiger partial charge < -0.3 is 5.73 Å². The monoisotopic (exact) mass is 293 g/mol. The van der Waals surface area contributed by atoms with Crippen molar-refractivity contribution in [2.24, 2.45) is 0 Å². The van der Waals surface area contributed by atoms with Crippen LogP contribution in [0.5, 0.6) is 0 Å². The Morgan fingerprint density at radius 2 is 1.74 bits per heavy atom. The van der Waals surface area contributed by atoms with Crippen molar-refractivity contribution >= 4 is 29.1 Å². The third-order valence-corrected chi connectivity index (χ3v) is 3.96. The zero-order chi connectivity index (χ0) is 14.0. The first-order chi connectivity index (χ1) is 8.95. The lowest BCUT2D eigenvalue weighted by Gasteiger charge is -2.08. The molecule has 0 bridgehead atoms. The SMILES string of the molecule is Cc1cc(C)cc(CSc2nc(Cl)nc(C)c2N)c1. The van der Waals surface area contributed by atoms with Gasteiger partial charge in [-0.2, -0.15) is 0 Å². The van der Waals surface area contributed by atoms with Crippen molar-refractivity contribution < 1.29 is 0 Å². The summed E-state index contributed by atoms with van der Waals surface area (Å²) in [6.45, 7) is 6.03. The number of aromatic nitrogens is 2. The minimum atomic E-state index is 0.245. The number of rotatable bonds is 3. The largest absolute Gasteiger partial charge is 0.395 e. The number of nitrogen functional groups attached to an aromatic ring is 1. The zero-order valence-corrected chi connectivity index (χ0v) is 12.8. The lowest BCUT2D eigenvalue weighted by molar-refractivity contribution is 1.02.